The van der Waals surface area contributed by atoms with Gasteiger partial charge in [0.2, 0.25) is 17.7 Å². The van der Waals surface area contributed by atoms with Crippen LogP contribution in [0.25, 0.3) is 0 Å². The van der Waals surface area contributed by atoms with Gasteiger partial charge in [0.1, 0.15) is 11.5 Å². The number of para-hydroxylation sites is 1. The molecule has 2 aromatic rings. The second-order valence-corrected chi connectivity index (χ2v) is 7.58. The summed E-state index contributed by atoms with van der Waals surface area (Å²) in [4.78, 5) is 38.5. The fraction of sp³-hybridized carbons (Fsp3) is 0.292. The van der Waals surface area contributed by atoms with Crippen molar-refractivity contribution in [3.63, 3.8) is 0 Å². The summed E-state index contributed by atoms with van der Waals surface area (Å²) in [5.41, 5.74) is 0.672. The van der Waals surface area contributed by atoms with Crippen LogP contribution in [-0.4, -0.2) is 29.2 Å². The van der Waals surface area contributed by atoms with Gasteiger partial charge in [-0.3, -0.25) is 19.3 Å². The fourth-order valence-corrected chi connectivity index (χ4v) is 3.94. The molecule has 2 aliphatic rings. The van der Waals surface area contributed by atoms with Crippen molar-refractivity contribution in [3.8, 4) is 11.5 Å². The summed E-state index contributed by atoms with van der Waals surface area (Å²) in [7, 11) is 0. The Morgan fingerprint density at radius 3 is 2.13 bits per heavy atom. The lowest BCUT2D eigenvalue weighted by Gasteiger charge is -2.14. The van der Waals surface area contributed by atoms with Crippen molar-refractivity contribution in [2.24, 2.45) is 11.8 Å². The molecule has 4 rings (SSSR count). The molecule has 1 saturated heterocycles. The number of amides is 3. The van der Waals surface area contributed by atoms with Gasteiger partial charge in [0, 0.05) is 18.7 Å². The van der Waals surface area contributed by atoms with E-state index in [0.29, 0.717) is 37.2 Å². The van der Waals surface area contributed by atoms with E-state index in [1.165, 1.54) is 4.90 Å². The molecule has 0 bridgehead atoms. The first kappa shape index (κ1) is 19.9. The number of hydrogen-bond donors (Lipinski definition) is 1. The molecule has 1 aliphatic carbocycles. The van der Waals surface area contributed by atoms with Gasteiger partial charge in [0.15, 0.2) is 0 Å². The van der Waals surface area contributed by atoms with Crippen molar-refractivity contribution >= 4 is 23.4 Å². The maximum Gasteiger partial charge on any atom is 0.233 e. The third-order valence-corrected chi connectivity index (χ3v) is 5.50. The molecule has 1 fully saturated rings. The fourth-order valence-electron chi connectivity index (χ4n) is 3.94. The topological polar surface area (TPSA) is 75.7 Å². The molecular weight excluding hydrogens is 380 g/mol. The maximum absolute atomic E-state index is 12.4. The summed E-state index contributed by atoms with van der Waals surface area (Å²) in [6.45, 7) is 0.294. The molecule has 0 saturated carbocycles. The molecule has 0 unspecified atom stereocenters. The average Bonchev–Trinajstić information content (AvgIpc) is 3.01. The Morgan fingerprint density at radius 1 is 0.900 bits per heavy atom. The van der Waals surface area contributed by atoms with Crippen molar-refractivity contribution in [1.82, 2.24) is 4.90 Å². The summed E-state index contributed by atoms with van der Waals surface area (Å²) in [5, 5.41) is 2.84. The van der Waals surface area contributed by atoms with Gasteiger partial charge in [-0.1, -0.05) is 30.4 Å². The van der Waals surface area contributed by atoms with Crippen molar-refractivity contribution in [2.75, 3.05) is 11.9 Å². The van der Waals surface area contributed by atoms with Crippen LogP contribution in [0, 0.1) is 11.8 Å². The number of ether oxygens (including phenoxy) is 1. The Balaban J connectivity index is 1.23. The number of hydrogen-bond acceptors (Lipinski definition) is 4. The number of allylic oxidation sites excluding steroid dienone is 2. The van der Waals surface area contributed by atoms with Gasteiger partial charge in [-0.05, 0) is 55.7 Å². The van der Waals surface area contributed by atoms with Crippen molar-refractivity contribution < 1.29 is 19.1 Å². The zero-order valence-corrected chi connectivity index (χ0v) is 16.6. The zero-order valence-electron chi connectivity index (χ0n) is 16.6. The van der Waals surface area contributed by atoms with Crippen LogP contribution in [0.15, 0.2) is 66.7 Å². The average molecular weight is 404 g/mol. The number of nitrogens with one attached hydrogen (secondary N) is 1. The minimum Gasteiger partial charge on any atom is -0.457 e. The third kappa shape index (κ3) is 4.43. The van der Waals surface area contributed by atoms with Crippen LogP contribution < -0.4 is 10.1 Å². The lowest BCUT2D eigenvalue weighted by atomic mass is 9.85. The number of anilines is 1. The lowest BCUT2D eigenvalue weighted by Crippen LogP contribution is -2.32. The highest BCUT2D eigenvalue weighted by molar-refractivity contribution is 6.05. The lowest BCUT2D eigenvalue weighted by molar-refractivity contribution is -0.140. The zero-order chi connectivity index (χ0) is 20.9. The summed E-state index contributed by atoms with van der Waals surface area (Å²) in [5.74, 6) is 0.662. The number of nitrogens with zero attached hydrogens (tertiary/aromatic N) is 1. The SMILES string of the molecule is O=C(CCCN1C(=O)[C@@H]2CC=CC[C@H]2C1=O)Nc1ccc(Oc2ccccc2)cc1. The second kappa shape index (κ2) is 8.95. The molecule has 0 radical (unpaired) electrons. The highest BCUT2D eigenvalue weighted by Crippen LogP contribution is 2.35. The molecule has 2 aromatic carbocycles. The van der Waals surface area contributed by atoms with Gasteiger partial charge in [-0.25, -0.2) is 0 Å². The normalized spacial score (nSPS) is 20.2. The number of benzene rings is 2. The highest BCUT2D eigenvalue weighted by Gasteiger charge is 2.46. The summed E-state index contributed by atoms with van der Waals surface area (Å²) < 4.78 is 5.73. The molecular formula is C24H24N2O4. The van der Waals surface area contributed by atoms with Gasteiger partial charge in [-0.2, -0.15) is 0 Å². The molecule has 6 heteroatoms. The first-order valence-electron chi connectivity index (χ1n) is 10.2. The van der Waals surface area contributed by atoms with Crippen LogP contribution >= 0.6 is 0 Å². The molecule has 0 aromatic heterocycles. The Morgan fingerprint density at radius 2 is 1.50 bits per heavy atom. The van der Waals surface area contributed by atoms with E-state index in [0.717, 1.165) is 5.75 Å². The predicted octanol–water partition coefficient (Wildman–Crippen LogP) is 4.15. The Bertz CT molecular complexity index is 927. The van der Waals surface area contributed by atoms with E-state index in [2.05, 4.69) is 5.32 Å². The van der Waals surface area contributed by atoms with Crippen molar-refractivity contribution in [2.45, 2.75) is 25.7 Å². The second-order valence-electron chi connectivity index (χ2n) is 7.58. The molecule has 0 spiro atoms. The van der Waals surface area contributed by atoms with Crippen LogP contribution in [0.2, 0.25) is 0 Å². The van der Waals surface area contributed by atoms with Gasteiger partial charge in [0.05, 0.1) is 11.8 Å². The van der Waals surface area contributed by atoms with Crippen molar-refractivity contribution in [3.05, 3.63) is 66.7 Å². The molecule has 1 aliphatic heterocycles. The highest BCUT2D eigenvalue weighted by atomic mass is 16.5. The number of rotatable bonds is 7. The number of likely N-dealkylation sites (tertiary alicyclic amines) is 1. The number of imide groups is 1. The van der Waals surface area contributed by atoms with Crippen molar-refractivity contribution in [1.29, 1.82) is 0 Å². The molecule has 1 N–H and O–H groups in total. The van der Waals surface area contributed by atoms with E-state index < -0.39 is 0 Å². The largest absolute Gasteiger partial charge is 0.457 e. The van der Waals surface area contributed by atoms with E-state index in [9.17, 15) is 14.4 Å². The minimum absolute atomic E-state index is 0.0937. The summed E-state index contributed by atoms with van der Waals surface area (Å²) >= 11 is 0. The van der Waals surface area contributed by atoms with E-state index in [1.807, 2.05) is 42.5 Å². The minimum atomic E-state index is -0.215. The third-order valence-electron chi connectivity index (χ3n) is 5.50. The van der Waals surface area contributed by atoms with Crippen LogP contribution in [0.1, 0.15) is 25.7 Å². The van der Waals surface area contributed by atoms with Crippen LogP contribution in [0.5, 0.6) is 11.5 Å². The Labute approximate surface area is 175 Å². The maximum atomic E-state index is 12.4. The van der Waals surface area contributed by atoms with Gasteiger partial charge in [0.25, 0.3) is 0 Å². The van der Waals surface area contributed by atoms with Gasteiger partial charge < -0.3 is 10.1 Å². The number of carbonyl (C=O) groups excluding carboxylic acids is 3. The predicted molar refractivity (Wildman–Crippen MR) is 113 cm³/mol. The Kier molecular flexibility index (Phi) is 5.93. The van der Waals surface area contributed by atoms with E-state index in [1.54, 1.807) is 24.3 Å². The van der Waals surface area contributed by atoms with Crippen LogP contribution in [0.4, 0.5) is 5.69 Å². The quantitative estimate of drug-likeness (QED) is 0.556. The molecule has 6 nitrogen and oxygen atoms in total. The monoisotopic (exact) mass is 404 g/mol. The number of fused-ring (bicyclic) bond motifs is 1. The van der Waals surface area contributed by atoms with Crippen LogP contribution in [0.3, 0.4) is 0 Å². The molecule has 30 heavy (non-hydrogen) atoms. The van der Waals surface area contributed by atoms with E-state index in [-0.39, 0.29) is 36.0 Å². The smallest absolute Gasteiger partial charge is 0.233 e. The first-order valence-corrected chi connectivity index (χ1v) is 10.2. The van der Waals surface area contributed by atoms with Gasteiger partial charge >= 0.3 is 0 Å². The molecule has 1 heterocycles. The van der Waals surface area contributed by atoms with E-state index >= 15 is 0 Å². The molecule has 3 amide bonds. The standard InChI is InChI=1S/C24H24N2O4/c27-22(11-6-16-26-23(28)20-9-4-5-10-21(20)24(26)29)25-17-12-14-19(15-13-17)30-18-7-2-1-3-8-18/h1-5,7-8,12-15,20-21H,6,9-11,16H2,(H,25,27)/t20-,21-/m1/s1. The number of carbonyl (C=O) groups is 3. The first-order chi connectivity index (χ1) is 14.6. The summed E-state index contributed by atoms with van der Waals surface area (Å²) in [6, 6.07) is 16.6. The molecule has 2 atom stereocenters. The summed E-state index contributed by atoms with van der Waals surface area (Å²) in [6.07, 6.45) is 5.91. The Hall–Kier alpha value is -3.41. The van der Waals surface area contributed by atoms with Crippen LogP contribution in [-0.2, 0) is 14.4 Å². The molecule has 154 valence electrons. The van der Waals surface area contributed by atoms with Gasteiger partial charge in [-0.15, -0.1) is 0 Å². The van der Waals surface area contributed by atoms with E-state index in [4.69, 9.17) is 4.74 Å².